The third kappa shape index (κ3) is 1.45. The summed E-state index contributed by atoms with van der Waals surface area (Å²) >= 11 is 0. The maximum absolute atomic E-state index is 12.0. The van der Waals surface area contributed by atoms with Gasteiger partial charge in [-0.3, -0.25) is 4.79 Å². The molecule has 1 aromatic carbocycles. The number of rotatable bonds is 1. The fraction of sp³-hybridized carbons (Fsp3) is 0.273. The van der Waals surface area contributed by atoms with Crippen LogP contribution in [0.15, 0.2) is 27.8 Å². The van der Waals surface area contributed by atoms with E-state index >= 15 is 0 Å². The van der Waals surface area contributed by atoms with Crippen molar-refractivity contribution >= 4 is 10.9 Å². The second-order valence-corrected chi connectivity index (χ2v) is 3.84. The van der Waals surface area contributed by atoms with E-state index in [0.717, 1.165) is 10.1 Å². The number of H-pyrrole nitrogens is 1. The number of hydrogen-bond donors (Lipinski definition) is 2. The lowest BCUT2D eigenvalue weighted by Gasteiger charge is -2.10. The van der Waals surface area contributed by atoms with Gasteiger partial charge in [0.1, 0.15) is 0 Å². The average molecular weight is 219 g/mol. The van der Waals surface area contributed by atoms with Gasteiger partial charge in [0.15, 0.2) is 0 Å². The van der Waals surface area contributed by atoms with Crippen molar-refractivity contribution in [2.24, 2.45) is 5.73 Å². The van der Waals surface area contributed by atoms with E-state index in [1.165, 1.54) is 0 Å². The Labute approximate surface area is 91.5 Å². The lowest BCUT2D eigenvalue weighted by Crippen LogP contribution is -2.40. The number of para-hydroxylation sites is 1. The quantitative estimate of drug-likeness (QED) is 0.731. The zero-order valence-electron chi connectivity index (χ0n) is 9.15. The molecule has 1 heterocycles. The molecule has 0 saturated heterocycles. The first-order valence-electron chi connectivity index (χ1n) is 5.02. The molecule has 16 heavy (non-hydrogen) atoms. The molecule has 2 aromatic rings. The Bertz CT molecular complexity index is 652. The van der Waals surface area contributed by atoms with Gasteiger partial charge in [0.05, 0.1) is 17.1 Å². The number of aromatic nitrogens is 2. The van der Waals surface area contributed by atoms with E-state index in [2.05, 4.69) is 4.98 Å². The minimum Gasteiger partial charge on any atom is -0.311 e. The summed E-state index contributed by atoms with van der Waals surface area (Å²) in [6.45, 7) is 3.44. The van der Waals surface area contributed by atoms with E-state index < -0.39 is 11.9 Å². The van der Waals surface area contributed by atoms with E-state index in [1.54, 1.807) is 19.1 Å². The van der Waals surface area contributed by atoms with Gasteiger partial charge in [-0.25, -0.2) is 9.36 Å². The van der Waals surface area contributed by atoms with E-state index in [9.17, 15) is 9.59 Å². The Morgan fingerprint density at radius 1 is 1.38 bits per heavy atom. The minimum atomic E-state index is -0.638. The summed E-state index contributed by atoms with van der Waals surface area (Å²) in [5, 5.41) is 0.483. The number of aryl methyl sites for hydroxylation is 1. The fourth-order valence-corrected chi connectivity index (χ4v) is 1.77. The highest BCUT2D eigenvalue weighted by Gasteiger charge is 2.10. The minimum absolute atomic E-state index is 0.350. The van der Waals surface area contributed by atoms with Crippen molar-refractivity contribution < 1.29 is 0 Å². The zero-order valence-corrected chi connectivity index (χ0v) is 9.15. The molecule has 2 rings (SSSR count). The van der Waals surface area contributed by atoms with Crippen molar-refractivity contribution in [1.29, 1.82) is 0 Å². The van der Waals surface area contributed by atoms with Crippen molar-refractivity contribution in [1.82, 2.24) is 9.55 Å². The molecule has 0 aliphatic rings. The summed E-state index contributed by atoms with van der Waals surface area (Å²) in [6, 6.07) is 5.30. The fourth-order valence-electron chi connectivity index (χ4n) is 1.77. The van der Waals surface area contributed by atoms with Gasteiger partial charge in [-0.05, 0) is 25.5 Å². The van der Waals surface area contributed by atoms with Crippen LogP contribution in [-0.2, 0) is 0 Å². The molecule has 1 aromatic heterocycles. The summed E-state index contributed by atoms with van der Waals surface area (Å²) in [5.74, 6) is 0. The number of hydrogen-bond acceptors (Lipinski definition) is 3. The highest BCUT2D eigenvalue weighted by molar-refractivity contribution is 5.80. The summed E-state index contributed by atoms with van der Waals surface area (Å²) in [5.41, 5.74) is 6.21. The SMILES string of the molecule is Cc1cccc2c(=O)n(C(C)N)c(=O)[nH]c12. The standard InChI is InChI=1S/C11H13N3O2/c1-6-4-3-5-8-9(6)13-11(16)14(7(2)12)10(8)15/h3-5,7H,12H2,1-2H3,(H,13,16). The molecule has 0 bridgehead atoms. The number of nitrogens with zero attached hydrogens (tertiary/aromatic N) is 1. The van der Waals surface area contributed by atoms with Crippen molar-refractivity contribution in [3.63, 3.8) is 0 Å². The summed E-state index contributed by atoms with van der Waals surface area (Å²) in [6.07, 6.45) is -0.638. The lowest BCUT2D eigenvalue weighted by atomic mass is 10.1. The van der Waals surface area contributed by atoms with E-state index in [-0.39, 0.29) is 5.56 Å². The van der Waals surface area contributed by atoms with Crippen LogP contribution in [0.4, 0.5) is 0 Å². The third-order valence-corrected chi connectivity index (χ3v) is 2.58. The molecule has 84 valence electrons. The van der Waals surface area contributed by atoms with Crippen LogP contribution in [-0.4, -0.2) is 9.55 Å². The van der Waals surface area contributed by atoms with Gasteiger partial charge in [-0.1, -0.05) is 12.1 Å². The van der Waals surface area contributed by atoms with Crippen LogP contribution in [0.5, 0.6) is 0 Å². The van der Waals surface area contributed by atoms with Gasteiger partial charge in [0.2, 0.25) is 0 Å². The molecule has 0 saturated carbocycles. The maximum Gasteiger partial charge on any atom is 0.330 e. The number of nitrogens with one attached hydrogen (secondary N) is 1. The molecule has 3 N–H and O–H groups in total. The van der Waals surface area contributed by atoms with Crippen molar-refractivity contribution in [2.45, 2.75) is 20.0 Å². The normalized spacial score (nSPS) is 12.9. The maximum atomic E-state index is 12.0. The van der Waals surface area contributed by atoms with Gasteiger partial charge >= 0.3 is 5.69 Å². The predicted molar refractivity (Wildman–Crippen MR) is 62.5 cm³/mol. The molecular weight excluding hydrogens is 206 g/mol. The topological polar surface area (TPSA) is 80.9 Å². The molecule has 1 unspecified atom stereocenters. The largest absolute Gasteiger partial charge is 0.330 e. The first kappa shape index (κ1) is 10.6. The highest BCUT2D eigenvalue weighted by Crippen LogP contribution is 2.10. The average Bonchev–Trinajstić information content (AvgIpc) is 2.19. The van der Waals surface area contributed by atoms with Crippen molar-refractivity contribution in [2.75, 3.05) is 0 Å². The number of fused-ring (bicyclic) bond motifs is 1. The smallest absolute Gasteiger partial charge is 0.311 e. The van der Waals surface area contributed by atoms with Crippen LogP contribution in [0, 0.1) is 6.92 Å². The van der Waals surface area contributed by atoms with Crippen LogP contribution in [0.3, 0.4) is 0 Å². The second kappa shape index (κ2) is 3.61. The van der Waals surface area contributed by atoms with Gasteiger partial charge < -0.3 is 10.7 Å². The monoisotopic (exact) mass is 219 g/mol. The molecule has 0 fully saturated rings. The molecule has 0 spiro atoms. The highest BCUT2D eigenvalue weighted by atomic mass is 16.2. The molecule has 0 aliphatic carbocycles. The van der Waals surface area contributed by atoms with Crippen LogP contribution in [0.1, 0.15) is 18.7 Å². The summed E-state index contributed by atoms with van der Waals surface area (Å²) < 4.78 is 1.02. The molecule has 0 radical (unpaired) electrons. The Balaban J connectivity index is 3.01. The summed E-state index contributed by atoms with van der Waals surface area (Å²) in [4.78, 5) is 26.4. The Morgan fingerprint density at radius 2 is 2.06 bits per heavy atom. The van der Waals surface area contributed by atoms with E-state index in [4.69, 9.17) is 5.73 Å². The van der Waals surface area contributed by atoms with Crippen LogP contribution >= 0.6 is 0 Å². The van der Waals surface area contributed by atoms with Crippen molar-refractivity contribution in [3.05, 3.63) is 44.6 Å². The number of aromatic amines is 1. The second-order valence-electron chi connectivity index (χ2n) is 3.84. The predicted octanol–water partition coefficient (Wildman–Crippen LogP) is 0.475. The van der Waals surface area contributed by atoms with Crippen LogP contribution < -0.4 is 17.0 Å². The summed E-state index contributed by atoms with van der Waals surface area (Å²) in [7, 11) is 0. The van der Waals surface area contributed by atoms with Crippen LogP contribution in [0.25, 0.3) is 10.9 Å². The van der Waals surface area contributed by atoms with Crippen molar-refractivity contribution in [3.8, 4) is 0 Å². The molecule has 5 nitrogen and oxygen atoms in total. The molecule has 5 heteroatoms. The third-order valence-electron chi connectivity index (χ3n) is 2.58. The molecule has 0 aliphatic heterocycles. The number of nitrogens with two attached hydrogens (primary N) is 1. The number of benzene rings is 1. The first-order valence-corrected chi connectivity index (χ1v) is 5.02. The lowest BCUT2D eigenvalue weighted by molar-refractivity contribution is 0.528. The molecule has 1 atom stereocenters. The van der Waals surface area contributed by atoms with E-state index in [1.807, 2.05) is 13.0 Å². The molecular formula is C11H13N3O2. The van der Waals surface area contributed by atoms with E-state index in [0.29, 0.717) is 10.9 Å². The Morgan fingerprint density at radius 3 is 2.69 bits per heavy atom. The zero-order chi connectivity index (χ0) is 11.9. The first-order chi connectivity index (χ1) is 7.52. The van der Waals surface area contributed by atoms with Gasteiger partial charge in [0.25, 0.3) is 5.56 Å². The molecule has 0 amide bonds. The van der Waals surface area contributed by atoms with Gasteiger partial charge in [-0.2, -0.15) is 0 Å². The van der Waals surface area contributed by atoms with Gasteiger partial charge in [-0.15, -0.1) is 0 Å². The van der Waals surface area contributed by atoms with Crippen LogP contribution in [0.2, 0.25) is 0 Å². The Kier molecular flexibility index (Phi) is 2.40. The Hall–Kier alpha value is -1.88. The van der Waals surface area contributed by atoms with Gasteiger partial charge in [0, 0.05) is 0 Å².